The molecular formula is C31H41N5O3. The number of hydrogen-bond donors (Lipinski definition) is 1. The van der Waals surface area contributed by atoms with Crippen molar-refractivity contribution in [1.82, 2.24) is 24.8 Å². The van der Waals surface area contributed by atoms with Crippen LogP contribution in [0.25, 0.3) is 11.1 Å². The number of rotatable bonds is 12. The third-order valence-electron chi connectivity index (χ3n) is 6.77. The molecule has 1 aromatic carbocycles. The number of pyridine rings is 1. The van der Waals surface area contributed by atoms with Crippen molar-refractivity contribution in [2.24, 2.45) is 5.92 Å². The number of benzene rings is 1. The number of aryl methyl sites for hydroxylation is 2. The number of carbonyl (C=O) groups is 2. The van der Waals surface area contributed by atoms with Gasteiger partial charge in [0.15, 0.2) is 0 Å². The van der Waals surface area contributed by atoms with Crippen molar-refractivity contribution >= 4 is 11.7 Å². The van der Waals surface area contributed by atoms with Crippen LogP contribution in [-0.4, -0.2) is 51.8 Å². The number of nitrogens with zero attached hydrogens (tertiary/aromatic N) is 4. The first-order valence-corrected chi connectivity index (χ1v) is 13.5. The predicted molar refractivity (Wildman–Crippen MR) is 155 cm³/mol. The largest absolute Gasteiger partial charge is 0.347 e. The number of hydrogen-bond acceptors (Lipinski definition) is 6. The van der Waals surface area contributed by atoms with Crippen molar-refractivity contribution in [3.05, 3.63) is 81.8 Å². The average molecular weight is 532 g/mol. The van der Waals surface area contributed by atoms with E-state index >= 15 is 0 Å². The highest BCUT2D eigenvalue weighted by Crippen LogP contribution is 2.29. The topological polar surface area (TPSA) is 97.2 Å². The fourth-order valence-electron chi connectivity index (χ4n) is 4.83. The van der Waals surface area contributed by atoms with Gasteiger partial charge >= 0.3 is 0 Å². The fourth-order valence-corrected chi connectivity index (χ4v) is 4.83. The highest BCUT2D eigenvalue weighted by atomic mass is 16.2. The summed E-state index contributed by atoms with van der Waals surface area (Å²) < 4.78 is 1.49. The van der Waals surface area contributed by atoms with Gasteiger partial charge in [0.2, 0.25) is 5.91 Å². The molecule has 2 heterocycles. The number of carbonyl (C=O) groups excluding carboxylic acids is 2. The Labute approximate surface area is 231 Å². The van der Waals surface area contributed by atoms with Crippen LogP contribution in [0.15, 0.2) is 53.8 Å². The number of aromatic nitrogens is 3. The van der Waals surface area contributed by atoms with Crippen molar-refractivity contribution in [2.45, 2.75) is 66.0 Å². The van der Waals surface area contributed by atoms with Crippen LogP contribution in [0.2, 0.25) is 0 Å². The highest BCUT2D eigenvalue weighted by Gasteiger charge is 2.27. The molecule has 208 valence electrons. The quantitative estimate of drug-likeness (QED) is 0.371. The lowest BCUT2D eigenvalue weighted by atomic mass is 9.94. The van der Waals surface area contributed by atoms with Crippen LogP contribution in [0.1, 0.15) is 68.1 Å². The second kappa shape index (κ2) is 13.4. The predicted octanol–water partition coefficient (Wildman–Crippen LogP) is 4.45. The first kappa shape index (κ1) is 29.9. The summed E-state index contributed by atoms with van der Waals surface area (Å²) in [5.41, 5.74) is 5.43. The lowest BCUT2D eigenvalue weighted by Crippen LogP contribution is -2.40. The molecule has 0 saturated carbocycles. The van der Waals surface area contributed by atoms with Crippen LogP contribution in [0.3, 0.4) is 0 Å². The van der Waals surface area contributed by atoms with Gasteiger partial charge in [0.1, 0.15) is 11.8 Å². The maximum atomic E-state index is 13.8. The van der Waals surface area contributed by atoms with E-state index in [9.17, 15) is 14.4 Å². The average Bonchev–Trinajstić information content (AvgIpc) is 2.86. The smallest absolute Gasteiger partial charge is 0.269 e. The Hall–Kier alpha value is -3.65. The monoisotopic (exact) mass is 531 g/mol. The van der Waals surface area contributed by atoms with Gasteiger partial charge in [0, 0.05) is 43.5 Å². The third-order valence-corrected chi connectivity index (χ3v) is 6.77. The molecule has 3 rings (SSSR count). The maximum Gasteiger partial charge on any atom is 0.269 e. The number of amides is 1. The molecule has 0 spiro atoms. The first-order valence-electron chi connectivity index (χ1n) is 13.5. The van der Waals surface area contributed by atoms with Crippen molar-refractivity contribution in [3.8, 4) is 11.1 Å². The number of Topliss-reactive ketones (excluding diaryl/α,β-unsaturated/α-hetero) is 1. The molecular weight excluding hydrogens is 490 g/mol. The van der Waals surface area contributed by atoms with E-state index in [0.717, 1.165) is 40.1 Å². The number of likely N-dealkylation sites (N-methyl/N-ethyl adjacent to an activating group) is 1. The van der Waals surface area contributed by atoms with Crippen LogP contribution in [0.4, 0.5) is 0 Å². The van der Waals surface area contributed by atoms with E-state index in [1.165, 1.54) is 17.7 Å². The minimum atomic E-state index is -0.734. The van der Waals surface area contributed by atoms with E-state index in [2.05, 4.69) is 41.3 Å². The van der Waals surface area contributed by atoms with Crippen LogP contribution in [0.5, 0.6) is 0 Å². The molecule has 1 amide bonds. The van der Waals surface area contributed by atoms with Crippen molar-refractivity contribution < 1.29 is 9.59 Å². The summed E-state index contributed by atoms with van der Waals surface area (Å²) in [7, 11) is 3.95. The molecule has 8 nitrogen and oxygen atoms in total. The molecule has 0 aliphatic heterocycles. The van der Waals surface area contributed by atoms with Crippen LogP contribution < -0.4 is 10.9 Å². The normalized spacial score (nSPS) is 12.9. The second-order valence-electron chi connectivity index (χ2n) is 11.1. The molecule has 3 aromatic rings. The molecule has 0 saturated heterocycles. The Morgan fingerprint density at radius 1 is 1.08 bits per heavy atom. The summed E-state index contributed by atoms with van der Waals surface area (Å²) in [4.78, 5) is 49.8. The molecule has 8 heteroatoms. The second-order valence-corrected chi connectivity index (χ2v) is 11.1. The molecule has 2 aromatic heterocycles. The van der Waals surface area contributed by atoms with Gasteiger partial charge in [-0.2, -0.15) is 0 Å². The fraction of sp³-hybridized carbons (Fsp3) is 0.452. The summed E-state index contributed by atoms with van der Waals surface area (Å²) >= 11 is 0. The molecule has 0 bridgehead atoms. The molecule has 39 heavy (non-hydrogen) atoms. The number of nitrogens with one attached hydrogen (secondary N) is 1. The van der Waals surface area contributed by atoms with E-state index in [1.807, 2.05) is 45.0 Å². The lowest BCUT2D eigenvalue weighted by molar-refractivity contribution is -0.126. The van der Waals surface area contributed by atoms with Gasteiger partial charge in [0.25, 0.3) is 5.56 Å². The third kappa shape index (κ3) is 8.17. The van der Waals surface area contributed by atoms with Gasteiger partial charge in [0.05, 0.1) is 17.9 Å². The maximum absolute atomic E-state index is 13.8. The zero-order valence-electron chi connectivity index (χ0n) is 24.2. The van der Waals surface area contributed by atoms with Crippen molar-refractivity contribution in [2.75, 3.05) is 20.6 Å². The van der Waals surface area contributed by atoms with E-state index in [0.29, 0.717) is 12.8 Å². The standard InChI is InChI=1S/C31H41N5O3/c1-20(2)13-28(36-19-26(11-12-35(6)7)33-18-29(36)38)31(39)34-27(14-23(5)37)24-15-25(17-32-16-24)30-21(3)9-8-10-22(30)4/h8-10,15-20,27-28H,11-14H2,1-7H3,(H,34,39)/t27-,28-/m0/s1. The van der Waals surface area contributed by atoms with Gasteiger partial charge in [-0.1, -0.05) is 32.0 Å². The van der Waals surface area contributed by atoms with Gasteiger partial charge in [-0.3, -0.25) is 28.9 Å². The van der Waals surface area contributed by atoms with Crippen molar-refractivity contribution in [3.63, 3.8) is 0 Å². The molecule has 0 unspecified atom stereocenters. The molecule has 0 radical (unpaired) electrons. The minimum absolute atomic E-state index is 0.0507. The Bertz CT molecular complexity index is 1340. The van der Waals surface area contributed by atoms with Gasteiger partial charge in [-0.15, -0.1) is 0 Å². The van der Waals surface area contributed by atoms with E-state index in [1.54, 1.807) is 18.6 Å². The molecule has 2 atom stereocenters. The Morgan fingerprint density at radius 2 is 1.77 bits per heavy atom. The van der Waals surface area contributed by atoms with E-state index in [4.69, 9.17) is 0 Å². The van der Waals surface area contributed by atoms with Gasteiger partial charge < -0.3 is 10.2 Å². The molecule has 0 fully saturated rings. The number of ketones is 1. The first-order chi connectivity index (χ1) is 18.5. The molecule has 0 aliphatic rings. The van der Waals surface area contributed by atoms with Crippen LogP contribution in [-0.2, 0) is 16.0 Å². The zero-order chi connectivity index (χ0) is 28.7. The van der Waals surface area contributed by atoms with Crippen LogP contribution in [0, 0.1) is 19.8 Å². The Balaban J connectivity index is 1.97. The minimum Gasteiger partial charge on any atom is -0.347 e. The summed E-state index contributed by atoms with van der Waals surface area (Å²) in [5.74, 6) is -0.198. The summed E-state index contributed by atoms with van der Waals surface area (Å²) in [6, 6.07) is 6.81. The lowest BCUT2D eigenvalue weighted by Gasteiger charge is -2.25. The summed E-state index contributed by atoms with van der Waals surface area (Å²) in [6.45, 7) is 10.4. The van der Waals surface area contributed by atoms with Gasteiger partial charge in [-0.25, -0.2) is 0 Å². The summed E-state index contributed by atoms with van der Waals surface area (Å²) in [6.07, 6.45) is 7.73. The zero-order valence-corrected chi connectivity index (χ0v) is 24.2. The molecule has 0 aliphatic carbocycles. The summed E-state index contributed by atoms with van der Waals surface area (Å²) in [5, 5.41) is 3.09. The van der Waals surface area contributed by atoms with E-state index in [-0.39, 0.29) is 29.6 Å². The van der Waals surface area contributed by atoms with Gasteiger partial charge in [-0.05, 0) is 75.5 Å². The van der Waals surface area contributed by atoms with Crippen molar-refractivity contribution in [1.29, 1.82) is 0 Å². The molecule has 1 N–H and O–H groups in total. The SMILES string of the molecule is CC(=O)C[C@H](NC(=O)[C@H](CC(C)C)n1cc(CCN(C)C)ncc1=O)c1cncc(-c2c(C)cccc2C)c1. The van der Waals surface area contributed by atoms with E-state index < -0.39 is 12.1 Å². The Morgan fingerprint density at radius 3 is 2.38 bits per heavy atom. The van der Waals surface area contributed by atoms with Crippen LogP contribution >= 0.6 is 0 Å². The highest BCUT2D eigenvalue weighted by molar-refractivity contribution is 5.83. The Kier molecular flexibility index (Phi) is 10.3.